The third-order valence-electron chi connectivity index (χ3n) is 3.50. The average molecular weight is 305 g/mol. The van der Waals surface area contributed by atoms with Gasteiger partial charge in [0.2, 0.25) is 10.0 Å². The molecule has 0 radical (unpaired) electrons. The summed E-state index contributed by atoms with van der Waals surface area (Å²) in [7, 11) is -4.03. The maximum atomic E-state index is 13.7. The first-order valence-corrected chi connectivity index (χ1v) is 7.98. The molecule has 4 nitrogen and oxygen atoms in total. The molecule has 1 aliphatic heterocycles. The zero-order valence-corrected chi connectivity index (χ0v) is 11.7. The lowest BCUT2D eigenvalue weighted by molar-refractivity contribution is 0.264. The van der Waals surface area contributed by atoms with Crippen LogP contribution in [0.2, 0.25) is 0 Å². The van der Waals surface area contributed by atoms with E-state index in [0.717, 1.165) is 12.1 Å². The number of rotatable bonds is 5. The van der Waals surface area contributed by atoms with E-state index in [1.54, 1.807) is 0 Å². The summed E-state index contributed by atoms with van der Waals surface area (Å²) in [5.41, 5.74) is 0. The smallest absolute Gasteiger partial charge is 0.246 e. The molecule has 0 amide bonds. The Kier molecular flexibility index (Phi) is 4.72. The van der Waals surface area contributed by atoms with E-state index in [0.29, 0.717) is 38.3 Å². The van der Waals surface area contributed by atoms with Crippen molar-refractivity contribution in [3.8, 4) is 0 Å². The molecular weight excluding hydrogens is 288 g/mol. The first kappa shape index (κ1) is 15.3. The third kappa shape index (κ3) is 2.99. The number of aliphatic hydroxyl groups excluding tert-OH is 1. The van der Waals surface area contributed by atoms with Crippen molar-refractivity contribution < 1.29 is 22.3 Å². The van der Waals surface area contributed by atoms with Gasteiger partial charge in [0, 0.05) is 19.2 Å². The second-order valence-electron chi connectivity index (χ2n) is 4.85. The lowest BCUT2D eigenvalue weighted by Gasteiger charge is -2.24. The van der Waals surface area contributed by atoms with Crippen molar-refractivity contribution in [1.82, 2.24) is 4.31 Å². The molecule has 0 aromatic heterocycles. The predicted molar refractivity (Wildman–Crippen MR) is 69.6 cm³/mol. The summed E-state index contributed by atoms with van der Waals surface area (Å²) in [6.07, 6.45) is 2.37. The van der Waals surface area contributed by atoms with Crippen LogP contribution in [-0.4, -0.2) is 37.0 Å². The Morgan fingerprint density at radius 2 is 2.10 bits per heavy atom. The lowest BCUT2D eigenvalue weighted by Crippen LogP contribution is -2.36. The van der Waals surface area contributed by atoms with Gasteiger partial charge in [-0.15, -0.1) is 0 Å². The van der Waals surface area contributed by atoms with Gasteiger partial charge in [0.25, 0.3) is 0 Å². The van der Waals surface area contributed by atoms with E-state index in [9.17, 15) is 17.2 Å². The minimum atomic E-state index is -4.03. The number of benzene rings is 1. The van der Waals surface area contributed by atoms with Crippen LogP contribution in [0.1, 0.15) is 25.7 Å². The summed E-state index contributed by atoms with van der Waals surface area (Å²) in [5.74, 6) is -1.73. The van der Waals surface area contributed by atoms with Crippen molar-refractivity contribution in [2.24, 2.45) is 0 Å². The molecule has 0 spiro atoms. The summed E-state index contributed by atoms with van der Waals surface area (Å²) in [6.45, 7) is 0.285. The van der Waals surface area contributed by atoms with E-state index < -0.39 is 26.6 Å². The van der Waals surface area contributed by atoms with Crippen molar-refractivity contribution in [2.75, 3.05) is 13.2 Å². The molecule has 1 aromatic carbocycles. The summed E-state index contributed by atoms with van der Waals surface area (Å²) >= 11 is 0. The van der Waals surface area contributed by atoms with Crippen LogP contribution in [-0.2, 0) is 10.0 Å². The minimum absolute atomic E-state index is 0.0152. The summed E-state index contributed by atoms with van der Waals surface area (Å²) in [6, 6.07) is 2.17. The van der Waals surface area contributed by atoms with E-state index in [1.807, 2.05) is 0 Å². The molecular formula is C13H17F2NO3S. The number of aliphatic hydroxyl groups is 1. The molecule has 0 saturated carbocycles. The van der Waals surface area contributed by atoms with Gasteiger partial charge in [0.1, 0.15) is 16.5 Å². The van der Waals surface area contributed by atoms with Crippen molar-refractivity contribution >= 4 is 10.0 Å². The molecule has 1 heterocycles. The van der Waals surface area contributed by atoms with Crippen LogP contribution in [0.15, 0.2) is 23.1 Å². The van der Waals surface area contributed by atoms with E-state index in [1.165, 1.54) is 4.31 Å². The molecule has 0 bridgehead atoms. The van der Waals surface area contributed by atoms with Crippen molar-refractivity contribution in [3.05, 3.63) is 29.8 Å². The lowest BCUT2D eigenvalue weighted by atomic mass is 10.1. The molecule has 112 valence electrons. The maximum Gasteiger partial charge on any atom is 0.246 e. The van der Waals surface area contributed by atoms with Crippen LogP contribution in [0, 0.1) is 11.6 Å². The van der Waals surface area contributed by atoms with E-state index in [4.69, 9.17) is 5.11 Å². The fourth-order valence-corrected chi connectivity index (χ4v) is 4.34. The van der Waals surface area contributed by atoms with Crippen LogP contribution >= 0.6 is 0 Å². The van der Waals surface area contributed by atoms with Gasteiger partial charge >= 0.3 is 0 Å². The highest BCUT2D eigenvalue weighted by molar-refractivity contribution is 7.89. The van der Waals surface area contributed by atoms with E-state index >= 15 is 0 Å². The SMILES string of the molecule is O=S(=O)(c1cc(F)ccc1F)N1CCCC1CCCO. The number of hydrogen-bond donors (Lipinski definition) is 1. The summed E-state index contributed by atoms with van der Waals surface area (Å²) < 4.78 is 53.0. The first-order chi connectivity index (χ1) is 9.46. The third-order valence-corrected chi connectivity index (χ3v) is 5.47. The van der Waals surface area contributed by atoms with Crippen LogP contribution in [0.4, 0.5) is 8.78 Å². The molecule has 0 aliphatic carbocycles. The molecule has 1 aromatic rings. The van der Waals surface area contributed by atoms with Gasteiger partial charge in [-0.2, -0.15) is 4.31 Å². The highest BCUT2D eigenvalue weighted by Gasteiger charge is 2.36. The quantitative estimate of drug-likeness (QED) is 0.904. The number of sulfonamides is 1. The number of hydrogen-bond acceptors (Lipinski definition) is 3. The molecule has 1 atom stereocenters. The Bertz CT molecular complexity index is 577. The van der Waals surface area contributed by atoms with Gasteiger partial charge in [0.05, 0.1) is 0 Å². The van der Waals surface area contributed by atoms with Crippen LogP contribution in [0.5, 0.6) is 0 Å². The maximum absolute atomic E-state index is 13.7. The summed E-state index contributed by atoms with van der Waals surface area (Å²) in [5, 5.41) is 8.84. The van der Waals surface area contributed by atoms with Gasteiger partial charge in [-0.3, -0.25) is 0 Å². The second-order valence-corrected chi connectivity index (χ2v) is 6.71. The van der Waals surface area contributed by atoms with E-state index in [2.05, 4.69) is 0 Å². The van der Waals surface area contributed by atoms with Crippen molar-refractivity contribution in [3.63, 3.8) is 0 Å². The van der Waals surface area contributed by atoms with Gasteiger partial charge < -0.3 is 5.11 Å². The van der Waals surface area contributed by atoms with Crippen LogP contribution < -0.4 is 0 Å². The molecule has 20 heavy (non-hydrogen) atoms. The fourth-order valence-electron chi connectivity index (χ4n) is 2.54. The topological polar surface area (TPSA) is 57.6 Å². The normalized spacial score (nSPS) is 20.4. The molecule has 1 N–H and O–H groups in total. The Morgan fingerprint density at radius 3 is 2.80 bits per heavy atom. The molecule has 1 unspecified atom stereocenters. The molecule has 7 heteroatoms. The average Bonchev–Trinajstić information content (AvgIpc) is 2.88. The monoisotopic (exact) mass is 305 g/mol. The zero-order chi connectivity index (χ0) is 14.8. The minimum Gasteiger partial charge on any atom is -0.396 e. The Morgan fingerprint density at radius 1 is 1.35 bits per heavy atom. The first-order valence-electron chi connectivity index (χ1n) is 6.54. The summed E-state index contributed by atoms with van der Waals surface area (Å²) in [4.78, 5) is -0.617. The predicted octanol–water partition coefficient (Wildman–Crippen LogP) is 1.89. The van der Waals surface area contributed by atoms with Gasteiger partial charge in [-0.1, -0.05) is 0 Å². The number of halogens is 2. The molecule has 2 rings (SSSR count). The molecule has 1 aliphatic rings. The Balaban J connectivity index is 2.31. The highest BCUT2D eigenvalue weighted by Crippen LogP contribution is 2.29. The largest absolute Gasteiger partial charge is 0.396 e. The van der Waals surface area contributed by atoms with Gasteiger partial charge in [-0.25, -0.2) is 17.2 Å². The Hall–Kier alpha value is -1.05. The fraction of sp³-hybridized carbons (Fsp3) is 0.538. The Labute approximate surface area is 117 Å². The van der Waals surface area contributed by atoms with Gasteiger partial charge in [-0.05, 0) is 43.9 Å². The van der Waals surface area contributed by atoms with Crippen LogP contribution in [0.25, 0.3) is 0 Å². The van der Waals surface area contributed by atoms with Crippen LogP contribution in [0.3, 0.4) is 0 Å². The van der Waals surface area contributed by atoms with Crippen molar-refractivity contribution in [1.29, 1.82) is 0 Å². The van der Waals surface area contributed by atoms with Gasteiger partial charge in [0.15, 0.2) is 0 Å². The van der Waals surface area contributed by atoms with E-state index in [-0.39, 0.29) is 12.6 Å². The zero-order valence-electron chi connectivity index (χ0n) is 10.9. The highest BCUT2D eigenvalue weighted by atomic mass is 32.2. The standard InChI is InChI=1S/C13H17F2NO3S/c14-10-5-6-12(15)13(9-10)20(18,19)16-7-1-3-11(16)4-2-8-17/h5-6,9,11,17H,1-4,7-8H2. The molecule has 1 fully saturated rings. The second kappa shape index (κ2) is 6.15. The molecule has 1 saturated heterocycles. The number of nitrogens with zero attached hydrogens (tertiary/aromatic N) is 1. The van der Waals surface area contributed by atoms with Crippen molar-refractivity contribution in [2.45, 2.75) is 36.6 Å².